The van der Waals surface area contributed by atoms with E-state index in [9.17, 15) is 13.6 Å². The standard InChI is InChI=1S/C26H23F2N5O/c1-15-12-21(23-19(27)6-5-7-20(23)28)33-32-16(2)26(11-10-18(15)25(26,3)4)24(34)31-22-9-8-17(13-29)14-30-22/h5-9,12,14,18H,1-2,10-11H2,3-4H3,(H,30,31,34)/b21-12-,33-32?/t18?,26-/m0/s1. The van der Waals surface area contributed by atoms with Crippen molar-refractivity contribution in [2.45, 2.75) is 26.7 Å². The highest BCUT2D eigenvalue weighted by molar-refractivity contribution is 5.98. The number of azo groups is 1. The smallest absolute Gasteiger partial charge is 0.238 e. The summed E-state index contributed by atoms with van der Waals surface area (Å²) in [5.41, 5.74) is -1.04. The molecule has 172 valence electrons. The van der Waals surface area contributed by atoms with Crippen LogP contribution in [-0.4, -0.2) is 10.9 Å². The number of amides is 1. The van der Waals surface area contributed by atoms with Gasteiger partial charge in [-0.3, -0.25) is 4.79 Å². The zero-order valence-corrected chi connectivity index (χ0v) is 18.9. The third-order valence-electron chi connectivity index (χ3n) is 7.06. The normalized spacial score (nSPS) is 24.9. The van der Waals surface area contributed by atoms with Gasteiger partial charge in [-0.2, -0.15) is 15.5 Å². The zero-order valence-electron chi connectivity index (χ0n) is 18.9. The number of carbonyl (C=O) groups is 1. The second-order valence-corrected chi connectivity index (χ2v) is 9.06. The number of nitrogens with zero attached hydrogens (tertiary/aromatic N) is 4. The van der Waals surface area contributed by atoms with Gasteiger partial charge in [0.1, 0.15) is 23.5 Å². The second kappa shape index (κ2) is 8.41. The van der Waals surface area contributed by atoms with Crippen LogP contribution >= 0.6 is 0 Å². The van der Waals surface area contributed by atoms with Gasteiger partial charge < -0.3 is 5.32 Å². The molecule has 6 nitrogen and oxygen atoms in total. The van der Waals surface area contributed by atoms with Gasteiger partial charge in [0, 0.05) is 6.20 Å². The molecule has 1 fully saturated rings. The number of allylic oxidation sites excluding steroid dienone is 2. The number of anilines is 1. The lowest BCUT2D eigenvalue weighted by molar-refractivity contribution is -0.128. The number of benzene rings is 1. The zero-order chi connectivity index (χ0) is 24.7. The minimum atomic E-state index is -1.17. The molecule has 4 rings (SSSR count). The maximum atomic E-state index is 14.5. The molecule has 1 aromatic heterocycles. The van der Waals surface area contributed by atoms with Gasteiger partial charge in [0.25, 0.3) is 0 Å². The first-order chi connectivity index (χ1) is 16.1. The number of hydrogen-bond donors (Lipinski definition) is 1. The molecule has 1 aliphatic heterocycles. The fourth-order valence-corrected chi connectivity index (χ4v) is 5.17. The molecule has 1 saturated carbocycles. The summed E-state index contributed by atoms with van der Waals surface area (Å²) >= 11 is 0. The van der Waals surface area contributed by atoms with Crippen molar-refractivity contribution in [3.8, 4) is 6.07 Å². The molecule has 0 radical (unpaired) electrons. The third kappa shape index (κ3) is 3.54. The average Bonchev–Trinajstić information content (AvgIpc) is 3.09. The van der Waals surface area contributed by atoms with Crippen LogP contribution in [0.25, 0.3) is 5.70 Å². The van der Waals surface area contributed by atoms with Crippen LogP contribution in [0.3, 0.4) is 0 Å². The largest absolute Gasteiger partial charge is 0.310 e. The Morgan fingerprint density at radius 1 is 1.18 bits per heavy atom. The fourth-order valence-electron chi connectivity index (χ4n) is 5.17. The Hall–Kier alpha value is -3.99. The number of halogens is 2. The molecule has 2 aromatic rings. The van der Waals surface area contributed by atoms with Crippen LogP contribution in [-0.2, 0) is 4.79 Å². The van der Waals surface area contributed by atoms with Gasteiger partial charge in [0.05, 0.1) is 27.9 Å². The summed E-state index contributed by atoms with van der Waals surface area (Å²) in [6.45, 7) is 12.1. The van der Waals surface area contributed by atoms with Gasteiger partial charge in [0.15, 0.2) is 0 Å². The van der Waals surface area contributed by atoms with Crippen LogP contribution in [0.1, 0.15) is 37.8 Å². The van der Waals surface area contributed by atoms with E-state index in [-0.39, 0.29) is 34.6 Å². The summed E-state index contributed by atoms with van der Waals surface area (Å²) in [5.74, 6) is -1.82. The highest BCUT2D eigenvalue weighted by Crippen LogP contribution is 2.62. The lowest BCUT2D eigenvalue weighted by atomic mass is 9.61. The Balaban J connectivity index is 1.78. The Kier molecular flexibility index (Phi) is 5.74. The van der Waals surface area contributed by atoms with Gasteiger partial charge in [-0.15, -0.1) is 0 Å². The first-order valence-corrected chi connectivity index (χ1v) is 10.8. The average molecular weight is 460 g/mol. The number of hydrogen-bond acceptors (Lipinski definition) is 5. The SMILES string of the molecule is C=C1/C=C(/c2c(F)cccc2F)N=NC(=C)[C@]2(C(=O)Nc3ccc(C#N)cn3)CCC1C2(C)C. The fraction of sp³-hybridized carbons (Fsp3) is 0.269. The van der Waals surface area contributed by atoms with Gasteiger partial charge in [-0.05, 0) is 60.1 Å². The molecule has 0 saturated heterocycles. The monoisotopic (exact) mass is 459 g/mol. The van der Waals surface area contributed by atoms with Crippen molar-refractivity contribution in [2.24, 2.45) is 27.0 Å². The van der Waals surface area contributed by atoms with Crippen LogP contribution in [0.2, 0.25) is 0 Å². The van der Waals surface area contributed by atoms with Crippen molar-refractivity contribution in [1.29, 1.82) is 5.26 Å². The maximum Gasteiger partial charge on any atom is 0.238 e. The molecule has 8 heteroatoms. The molecule has 1 amide bonds. The molecule has 0 spiro atoms. The van der Waals surface area contributed by atoms with Crippen molar-refractivity contribution >= 4 is 17.4 Å². The first-order valence-electron chi connectivity index (χ1n) is 10.8. The molecule has 2 heterocycles. The van der Waals surface area contributed by atoms with Crippen molar-refractivity contribution < 1.29 is 13.6 Å². The van der Waals surface area contributed by atoms with Crippen LogP contribution in [0.5, 0.6) is 0 Å². The lowest BCUT2D eigenvalue weighted by Crippen LogP contribution is -2.47. The van der Waals surface area contributed by atoms with E-state index < -0.39 is 22.5 Å². The quantitative estimate of drug-likeness (QED) is 0.595. The summed E-state index contributed by atoms with van der Waals surface area (Å²) in [6, 6.07) is 8.66. The second-order valence-electron chi connectivity index (χ2n) is 9.06. The number of carbonyl (C=O) groups excluding carboxylic acids is 1. The van der Waals surface area contributed by atoms with Crippen molar-refractivity contribution in [3.63, 3.8) is 0 Å². The molecule has 1 N–H and O–H groups in total. The van der Waals surface area contributed by atoms with E-state index in [1.165, 1.54) is 18.3 Å². The van der Waals surface area contributed by atoms with Crippen LogP contribution in [0, 0.1) is 39.7 Å². The van der Waals surface area contributed by atoms with Gasteiger partial charge in [-0.1, -0.05) is 33.1 Å². The van der Waals surface area contributed by atoms with Gasteiger partial charge >= 0.3 is 0 Å². The van der Waals surface area contributed by atoms with E-state index >= 15 is 0 Å². The molecule has 34 heavy (non-hydrogen) atoms. The number of pyridine rings is 1. The Labute approximate surface area is 196 Å². The summed E-state index contributed by atoms with van der Waals surface area (Å²) in [7, 11) is 0. The van der Waals surface area contributed by atoms with Crippen LogP contribution in [0.4, 0.5) is 14.6 Å². The van der Waals surface area contributed by atoms with E-state index in [0.717, 1.165) is 12.1 Å². The van der Waals surface area contributed by atoms with Crippen LogP contribution < -0.4 is 5.32 Å². The van der Waals surface area contributed by atoms with Gasteiger partial charge in [0.2, 0.25) is 5.91 Å². The predicted molar refractivity (Wildman–Crippen MR) is 124 cm³/mol. The minimum Gasteiger partial charge on any atom is -0.310 e. The highest BCUT2D eigenvalue weighted by atomic mass is 19.1. The van der Waals surface area contributed by atoms with Crippen molar-refractivity contribution in [2.75, 3.05) is 5.32 Å². The van der Waals surface area contributed by atoms with E-state index in [1.54, 1.807) is 12.1 Å². The molecule has 2 atom stereocenters. The summed E-state index contributed by atoms with van der Waals surface area (Å²) in [5, 5.41) is 20.1. The molecule has 2 aliphatic rings. The molecule has 2 bridgehead atoms. The summed E-state index contributed by atoms with van der Waals surface area (Å²) in [4.78, 5) is 17.9. The Morgan fingerprint density at radius 2 is 1.88 bits per heavy atom. The van der Waals surface area contributed by atoms with E-state index in [2.05, 4.69) is 33.7 Å². The first kappa shape index (κ1) is 23.2. The minimum absolute atomic E-state index is 0.0191. The van der Waals surface area contributed by atoms with Crippen molar-refractivity contribution in [3.05, 3.63) is 89.8 Å². The molecular formula is C26H23F2N5O. The molecule has 1 unspecified atom stereocenters. The topological polar surface area (TPSA) is 90.5 Å². The molecule has 1 aromatic carbocycles. The third-order valence-corrected chi connectivity index (χ3v) is 7.06. The van der Waals surface area contributed by atoms with E-state index in [4.69, 9.17) is 5.26 Å². The predicted octanol–water partition coefficient (Wildman–Crippen LogP) is 6.17. The lowest BCUT2D eigenvalue weighted by Gasteiger charge is -2.42. The molecule has 1 aliphatic carbocycles. The number of nitriles is 1. The van der Waals surface area contributed by atoms with Crippen LogP contribution in [0.15, 0.2) is 77.3 Å². The number of aromatic nitrogens is 1. The molecular weight excluding hydrogens is 436 g/mol. The number of rotatable bonds is 3. The highest BCUT2D eigenvalue weighted by Gasteiger charge is 2.61. The number of fused-ring (bicyclic) bond motifs is 2. The van der Waals surface area contributed by atoms with Gasteiger partial charge in [-0.25, -0.2) is 13.8 Å². The van der Waals surface area contributed by atoms with E-state index in [0.29, 0.717) is 24.0 Å². The number of nitrogens with one attached hydrogen (secondary N) is 1. The summed E-state index contributed by atoms with van der Waals surface area (Å²) < 4.78 is 29.0. The van der Waals surface area contributed by atoms with E-state index in [1.807, 2.05) is 19.9 Å². The summed E-state index contributed by atoms with van der Waals surface area (Å²) in [6.07, 6.45) is 3.93. The maximum absolute atomic E-state index is 14.5. The Bertz CT molecular complexity index is 1280. The van der Waals surface area contributed by atoms with Crippen molar-refractivity contribution in [1.82, 2.24) is 4.98 Å². The Morgan fingerprint density at radius 3 is 2.50 bits per heavy atom.